The second-order valence-corrected chi connectivity index (χ2v) is 7.67. The van der Waals surface area contributed by atoms with E-state index in [2.05, 4.69) is 16.7 Å². The number of aldehydes is 1. The van der Waals surface area contributed by atoms with Crippen molar-refractivity contribution in [3.8, 4) is 5.75 Å². The first-order chi connectivity index (χ1) is 13.1. The fraction of sp³-hybridized carbons (Fsp3) is 0.550. The molecule has 1 unspecified atom stereocenters. The molecule has 0 radical (unpaired) electrons. The van der Waals surface area contributed by atoms with Crippen LogP contribution >= 0.6 is 0 Å². The quantitative estimate of drug-likeness (QED) is 0.746. The summed E-state index contributed by atoms with van der Waals surface area (Å²) in [4.78, 5) is 37.5. The normalized spacial score (nSPS) is 20.8. The number of nitrogens with one attached hydrogen (secondary N) is 2. The zero-order valence-corrected chi connectivity index (χ0v) is 15.5. The molecule has 144 valence electrons. The third kappa shape index (κ3) is 3.00. The van der Waals surface area contributed by atoms with E-state index in [1.54, 1.807) is 11.9 Å². The summed E-state index contributed by atoms with van der Waals surface area (Å²) in [6, 6.07) is 3.37. The lowest BCUT2D eigenvalue weighted by molar-refractivity contribution is -0.121. The van der Waals surface area contributed by atoms with Gasteiger partial charge in [-0.3, -0.25) is 9.59 Å². The summed E-state index contributed by atoms with van der Waals surface area (Å²) < 4.78 is 5.96. The number of nitrogens with zero attached hydrogens (tertiary/aromatic N) is 1. The number of amides is 2. The number of piperidine rings is 1. The minimum Gasteiger partial charge on any atom is -0.492 e. The Morgan fingerprint density at radius 2 is 2.19 bits per heavy atom. The van der Waals surface area contributed by atoms with E-state index in [9.17, 15) is 14.4 Å². The van der Waals surface area contributed by atoms with E-state index in [-0.39, 0.29) is 23.7 Å². The molecule has 3 aliphatic rings. The van der Waals surface area contributed by atoms with Crippen molar-refractivity contribution >= 4 is 18.1 Å². The highest BCUT2D eigenvalue weighted by molar-refractivity contribution is 6.00. The lowest BCUT2D eigenvalue weighted by atomic mass is 9.74. The van der Waals surface area contributed by atoms with Crippen molar-refractivity contribution in [2.24, 2.45) is 0 Å². The average molecular weight is 371 g/mol. The van der Waals surface area contributed by atoms with Crippen molar-refractivity contribution in [1.29, 1.82) is 0 Å². The Labute approximate surface area is 158 Å². The standard InChI is InChI=1S/C20H25N3O4/c1-21-18(25)3-2-14(11-24)23-10-13-8-16-17(9-15(13)19(23)26)27-12-20(16)4-6-22-7-5-20/h8-9,11,14,22H,2-7,10,12H2,1H3,(H,21,25). The smallest absolute Gasteiger partial charge is 0.255 e. The highest BCUT2D eigenvalue weighted by Gasteiger charge is 2.44. The van der Waals surface area contributed by atoms with E-state index in [0.29, 0.717) is 25.1 Å². The molecule has 0 aromatic heterocycles. The van der Waals surface area contributed by atoms with Crippen LogP contribution in [0, 0.1) is 0 Å². The maximum absolute atomic E-state index is 12.9. The minimum atomic E-state index is -0.592. The number of hydrogen-bond donors (Lipinski definition) is 2. The molecule has 1 saturated heterocycles. The zero-order valence-electron chi connectivity index (χ0n) is 15.5. The van der Waals surface area contributed by atoms with Gasteiger partial charge < -0.3 is 25.1 Å². The molecule has 1 aromatic carbocycles. The van der Waals surface area contributed by atoms with Crippen molar-refractivity contribution in [2.45, 2.75) is 43.7 Å². The molecule has 0 saturated carbocycles. The van der Waals surface area contributed by atoms with E-state index in [4.69, 9.17) is 4.74 Å². The number of ether oxygens (including phenoxy) is 1. The van der Waals surface area contributed by atoms with E-state index >= 15 is 0 Å². The van der Waals surface area contributed by atoms with Crippen LogP contribution in [0.2, 0.25) is 0 Å². The number of benzene rings is 1. The van der Waals surface area contributed by atoms with Crippen LogP contribution in [0.3, 0.4) is 0 Å². The SMILES string of the molecule is CNC(=O)CCC(C=O)N1Cc2cc3c(cc2C1=O)OCC31CCNCC1. The maximum atomic E-state index is 12.9. The average Bonchev–Trinajstić information content (AvgIpc) is 3.20. The molecule has 0 aliphatic carbocycles. The Balaban J connectivity index is 1.58. The molecule has 3 heterocycles. The third-order valence-electron chi connectivity index (χ3n) is 6.18. The van der Waals surface area contributed by atoms with Gasteiger partial charge in [0.2, 0.25) is 5.91 Å². The number of fused-ring (bicyclic) bond motifs is 3. The summed E-state index contributed by atoms with van der Waals surface area (Å²) in [5.74, 6) is 0.516. The maximum Gasteiger partial charge on any atom is 0.255 e. The van der Waals surface area contributed by atoms with Crippen molar-refractivity contribution in [3.63, 3.8) is 0 Å². The molecule has 0 bridgehead atoms. The van der Waals surface area contributed by atoms with E-state index in [0.717, 1.165) is 43.5 Å². The molecule has 2 amide bonds. The van der Waals surface area contributed by atoms with Gasteiger partial charge in [-0.1, -0.05) is 0 Å². The molecule has 1 spiro atoms. The first kappa shape index (κ1) is 18.0. The second-order valence-electron chi connectivity index (χ2n) is 7.67. The molecule has 1 aromatic rings. The fourth-order valence-corrected chi connectivity index (χ4v) is 4.48. The summed E-state index contributed by atoms with van der Waals surface area (Å²) in [6.07, 6.45) is 3.37. The summed E-state index contributed by atoms with van der Waals surface area (Å²) in [7, 11) is 1.56. The molecule has 1 fully saturated rings. The van der Waals surface area contributed by atoms with Gasteiger partial charge in [-0.25, -0.2) is 0 Å². The molecule has 7 heteroatoms. The molecular formula is C20H25N3O4. The Hall–Kier alpha value is -2.41. The molecule has 1 atom stereocenters. The van der Waals surface area contributed by atoms with Crippen molar-refractivity contribution in [1.82, 2.24) is 15.5 Å². The van der Waals surface area contributed by atoms with Gasteiger partial charge in [0.25, 0.3) is 5.91 Å². The van der Waals surface area contributed by atoms with Gasteiger partial charge in [-0.05, 0) is 50.0 Å². The highest BCUT2D eigenvalue weighted by Crippen LogP contribution is 2.46. The van der Waals surface area contributed by atoms with Crippen LogP contribution in [0.1, 0.15) is 47.2 Å². The molecular weight excluding hydrogens is 346 g/mol. The molecule has 2 N–H and O–H groups in total. The number of carbonyl (C=O) groups excluding carboxylic acids is 3. The van der Waals surface area contributed by atoms with Gasteiger partial charge >= 0.3 is 0 Å². The Morgan fingerprint density at radius 3 is 2.89 bits per heavy atom. The third-order valence-corrected chi connectivity index (χ3v) is 6.18. The van der Waals surface area contributed by atoms with Crippen molar-refractivity contribution in [3.05, 3.63) is 28.8 Å². The van der Waals surface area contributed by atoms with Gasteiger partial charge in [0, 0.05) is 36.6 Å². The topological polar surface area (TPSA) is 87.7 Å². The van der Waals surface area contributed by atoms with Crippen LogP contribution in [-0.4, -0.2) is 55.8 Å². The van der Waals surface area contributed by atoms with Gasteiger partial charge in [0.1, 0.15) is 12.0 Å². The monoisotopic (exact) mass is 371 g/mol. The Bertz CT molecular complexity index is 786. The van der Waals surface area contributed by atoms with Crippen LogP contribution in [-0.2, 0) is 21.5 Å². The van der Waals surface area contributed by atoms with Crippen LogP contribution in [0.25, 0.3) is 0 Å². The summed E-state index contributed by atoms with van der Waals surface area (Å²) >= 11 is 0. The molecule has 4 rings (SSSR count). The van der Waals surface area contributed by atoms with Crippen molar-refractivity contribution < 1.29 is 19.1 Å². The van der Waals surface area contributed by atoms with E-state index < -0.39 is 6.04 Å². The Morgan fingerprint density at radius 1 is 1.41 bits per heavy atom. The summed E-state index contributed by atoms with van der Waals surface area (Å²) in [5.41, 5.74) is 2.81. The van der Waals surface area contributed by atoms with Gasteiger partial charge in [0.05, 0.1) is 12.6 Å². The number of hydrogen-bond acceptors (Lipinski definition) is 5. The van der Waals surface area contributed by atoms with Crippen LogP contribution in [0.4, 0.5) is 0 Å². The highest BCUT2D eigenvalue weighted by atomic mass is 16.5. The van der Waals surface area contributed by atoms with Crippen LogP contribution < -0.4 is 15.4 Å². The number of rotatable bonds is 5. The lowest BCUT2D eigenvalue weighted by Gasteiger charge is -2.32. The van der Waals surface area contributed by atoms with Gasteiger partial charge in [-0.15, -0.1) is 0 Å². The minimum absolute atomic E-state index is 0.0371. The molecule has 3 aliphatic heterocycles. The predicted octanol–water partition coefficient (Wildman–Crippen LogP) is 0.750. The van der Waals surface area contributed by atoms with Crippen LogP contribution in [0.5, 0.6) is 5.75 Å². The second kappa shape index (κ2) is 6.96. The van der Waals surface area contributed by atoms with Gasteiger partial charge in [0.15, 0.2) is 0 Å². The first-order valence-electron chi connectivity index (χ1n) is 9.56. The summed E-state index contributed by atoms with van der Waals surface area (Å²) in [6.45, 7) is 3.02. The fourth-order valence-electron chi connectivity index (χ4n) is 4.48. The first-order valence-corrected chi connectivity index (χ1v) is 9.56. The largest absolute Gasteiger partial charge is 0.492 e. The van der Waals surface area contributed by atoms with E-state index in [1.165, 1.54) is 5.56 Å². The van der Waals surface area contributed by atoms with E-state index in [1.807, 2.05) is 6.07 Å². The lowest BCUT2D eigenvalue weighted by Crippen LogP contribution is -2.41. The van der Waals surface area contributed by atoms with Gasteiger partial charge in [-0.2, -0.15) is 0 Å². The predicted molar refractivity (Wildman–Crippen MR) is 98.7 cm³/mol. The zero-order chi connectivity index (χ0) is 19.0. The number of carbonyl (C=O) groups is 3. The molecule has 7 nitrogen and oxygen atoms in total. The Kier molecular flexibility index (Phi) is 4.63. The van der Waals surface area contributed by atoms with Crippen molar-refractivity contribution in [2.75, 3.05) is 26.7 Å². The summed E-state index contributed by atoms with van der Waals surface area (Å²) in [5, 5.41) is 5.94. The molecule has 27 heavy (non-hydrogen) atoms. The van der Waals surface area contributed by atoms with Crippen LogP contribution in [0.15, 0.2) is 12.1 Å².